The van der Waals surface area contributed by atoms with Crippen molar-refractivity contribution in [1.29, 1.82) is 0 Å². The molecule has 24 nitrogen and oxygen atoms in total. The van der Waals surface area contributed by atoms with Gasteiger partial charge in [-0.15, -0.1) is 5.10 Å². The summed E-state index contributed by atoms with van der Waals surface area (Å²) in [5.74, 6) is -5.75. The van der Waals surface area contributed by atoms with E-state index in [2.05, 4.69) is 52.2 Å². The minimum Gasteiger partial charge on any atom is -0.508 e. The second kappa shape index (κ2) is 20.3. The van der Waals surface area contributed by atoms with Crippen molar-refractivity contribution in [2.75, 3.05) is 19.6 Å². The number of aromatic hydroxyl groups is 1. The van der Waals surface area contributed by atoms with Crippen LogP contribution in [0, 0.1) is 0 Å². The number of imidazole rings is 1. The highest BCUT2D eigenvalue weighted by atomic mass is 16.4. The number of hydrogen-bond donors (Lipinski definition) is 11. The number of phenols is 1. The molecular formula is C33H46N14O10. The van der Waals surface area contributed by atoms with E-state index < -0.39 is 84.6 Å². The van der Waals surface area contributed by atoms with Gasteiger partial charge in [-0.25, -0.2) is 14.2 Å². The number of hydrogen-bond acceptors (Lipinski definition) is 14. The van der Waals surface area contributed by atoms with Crippen LogP contribution in [0.1, 0.15) is 54.6 Å². The van der Waals surface area contributed by atoms with Crippen molar-refractivity contribution in [3.63, 3.8) is 0 Å². The summed E-state index contributed by atoms with van der Waals surface area (Å²) in [7, 11) is 1.39. The molecule has 1 saturated heterocycles. The predicted octanol–water partition coefficient (Wildman–Crippen LogP) is -4.94. The molecule has 2 aromatic heterocycles. The van der Waals surface area contributed by atoms with Gasteiger partial charge in [0.05, 0.1) is 25.0 Å². The maximum atomic E-state index is 14.0. The highest BCUT2D eigenvalue weighted by Gasteiger charge is 2.33. The molecule has 0 saturated carbocycles. The molecule has 24 heteroatoms. The fourth-order valence-electron chi connectivity index (χ4n) is 5.79. The molecule has 1 aromatic carbocycles. The third kappa shape index (κ3) is 12.7. The van der Waals surface area contributed by atoms with Crippen LogP contribution >= 0.6 is 0 Å². The van der Waals surface area contributed by atoms with Crippen LogP contribution in [0.4, 0.5) is 0 Å². The number of nitrogens with zero attached hydrogens (tertiary/aromatic N) is 6. The third-order valence-corrected chi connectivity index (χ3v) is 8.75. The number of carboxylic acid groups (broad SMARTS) is 1. The molecule has 0 spiro atoms. The topological polar surface area (TPSA) is 365 Å². The first kappa shape index (κ1) is 43.0. The van der Waals surface area contributed by atoms with Crippen molar-refractivity contribution < 1.29 is 44.1 Å². The molecule has 3 aromatic rings. The van der Waals surface area contributed by atoms with E-state index in [9.17, 15) is 48.9 Å². The number of carbonyl (C=O) groups is 6. The monoisotopic (exact) mass is 798 g/mol. The average Bonchev–Trinajstić information content (AvgIpc) is 3.60. The van der Waals surface area contributed by atoms with Crippen molar-refractivity contribution in [1.82, 2.24) is 56.3 Å². The molecule has 1 aliphatic heterocycles. The Balaban J connectivity index is 1.56. The number of aliphatic carboxylic acids is 1. The lowest BCUT2D eigenvalue weighted by Gasteiger charge is -2.30. The van der Waals surface area contributed by atoms with Gasteiger partial charge in [0.1, 0.15) is 30.4 Å². The molecule has 5 amide bonds. The van der Waals surface area contributed by atoms with Crippen molar-refractivity contribution in [2.45, 2.75) is 75.3 Å². The highest BCUT2D eigenvalue weighted by molar-refractivity contribution is 5.98. The molecule has 4 rings (SSSR count). The summed E-state index contributed by atoms with van der Waals surface area (Å²) in [5, 5.41) is 53.7. The molecule has 5 atom stereocenters. The number of aromatic nitrogens is 5. The van der Waals surface area contributed by atoms with E-state index in [-0.39, 0.29) is 68.2 Å². The van der Waals surface area contributed by atoms with Crippen molar-refractivity contribution in [3.05, 3.63) is 52.3 Å². The summed E-state index contributed by atoms with van der Waals surface area (Å²) in [6.45, 7) is -0.439. The van der Waals surface area contributed by atoms with Gasteiger partial charge in [-0.05, 0) is 49.8 Å². The van der Waals surface area contributed by atoms with Crippen LogP contribution in [0.3, 0.4) is 0 Å². The van der Waals surface area contributed by atoms with Gasteiger partial charge in [0, 0.05) is 26.6 Å². The fourth-order valence-corrected chi connectivity index (χ4v) is 5.79. The second-order valence-electron chi connectivity index (χ2n) is 13.1. The Kier molecular flexibility index (Phi) is 15.3. The Bertz CT molecular complexity index is 2010. The SMILES string of the molecule is Cn1nnc2c(C(=O)NCCCC[C@@H]3NC(=O)[C@@H](Cc4ccc(O)cc4)NC(=O)[C@H](CC(=O)O)NC(=O)CNC(=O)[C@H](CCCN=C(N)N)NC3O)ncn2c1=O. The number of unbranched alkanes of at least 4 members (excludes halogenated alkanes) is 1. The molecule has 1 fully saturated rings. The summed E-state index contributed by atoms with van der Waals surface area (Å²) < 4.78 is 2.05. The maximum Gasteiger partial charge on any atom is 0.352 e. The van der Waals surface area contributed by atoms with Crippen LogP contribution < -0.4 is 49.1 Å². The molecule has 1 aliphatic rings. The van der Waals surface area contributed by atoms with Crippen molar-refractivity contribution in [3.8, 4) is 5.75 Å². The molecule has 0 bridgehead atoms. The summed E-state index contributed by atoms with van der Waals surface area (Å²) in [6, 6.07) is 0.444. The number of aryl methyl sites for hydroxylation is 1. The summed E-state index contributed by atoms with van der Waals surface area (Å²) in [5.41, 5.74) is 10.6. The zero-order chi connectivity index (χ0) is 41.6. The van der Waals surface area contributed by atoms with Gasteiger partial charge < -0.3 is 53.4 Å². The number of phenolic OH excluding ortho intramolecular Hbond substituents is 1. The van der Waals surface area contributed by atoms with Gasteiger partial charge in [-0.1, -0.05) is 17.3 Å². The van der Waals surface area contributed by atoms with Gasteiger partial charge in [-0.3, -0.25) is 39.1 Å². The van der Waals surface area contributed by atoms with Gasteiger partial charge in [0.25, 0.3) is 5.91 Å². The Labute approximate surface area is 323 Å². The molecule has 0 aliphatic carbocycles. The Hall–Kier alpha value is -6.69. The lowest BCUT2D eigenvalue weighted by molar-refractivity contribution is -0.141. The van der Waals surface area contributed by atoms with E-state index in [1.54, 1.807) is 0 Å². The van der Waals surface area contributed by atoms with Gasteiger partial charge in [0.2, 0.25) is 23.6 Å². The second-order valence-corrected chi connectivity index (χ2v) is 13.1. The number of aliphatic hydroxyl groups excluding tert-OH is 1. The molecule has 308 valence electrons. The quantitative estimate of drug-likeness (QED) is 0.0413. The first-order chi connectivity index (χ1) is 27.1. The number of rotatable bonds is 14. The fraction of sp³-hybridized carbons (Fsp3) is 0.485. The number of nitrogens with one attached hydrogen (secondary N) is 6. The van der Waals surface area contributed by atoms with E-state index in [0.717, 1.165) is 15.4 Å². The van der Waals surface area contributed by atoms with E-state index in [1.165, 1.54) is 31.3 Å². The number of aliphatic hydroxyl groups is 1. The average molecular weight is 799 g/mol. The largest absolute Gasteiger partial charge is 0.508 e. The van der Waals surface area contributed by atoms with Gasteiger partial charge >= 0.3 is 11.7 Å². The van der Waals surface area contributed by atoms with Crippen molar-refractivity contribution >= 4 is 47.1 Å². The number of nitrogens with two attached hydrogens (primary N) is 2. The lowest BCUT2D eigenvalue weighted by Crippen LogP contribution is -2.59. The number of benzene rings is 1. The van der Waals surface area contributed by atoms with Crippen LogP contribution in [-0.4, -0.2) is 131 Å². The lowest BCUT2D eigenvalue weighted by atomic mass is 10.0. The standard InChI is InChI=1S/C33H46N14O10/c1-46-33(57)47-16-39-25(26(47)44-45-46)31(56)36-11-3-2-5-20-28(53)41-19(6-4-12-37-32(34)35)27(52)38-15-23(49)40-22(14-24(50)51)30(55)43-21(29(54)42-20)13-17-7-9-18(48)10-8-17/h7-10,16,19-22,28,41,48,53H,2-6,11-15H2,1H3,(H,36,56)(H,38,52)(H,40,49)(H,42,54)(H,43,55)(H,50,51)(H4,34,35,37)/t19-,20-,21+,22-,28?/m0/s1. The summed E-state index contributed by atoms with van der Waals surface area (Å²) >= 11 is 0. The number of guanidine groups is 1. The van der Waals surface area contributed by atoms with E-state index in [1.807, 2.05) is 0 Å². The number of aliphatic imine (C=N–C) groups is 1. The number of carboxylic acids is 1. The minimum atomic E-state index is -1.64. The zero-order valence-corrected chi connectivity index (χ0v) is 30.9. The van der Waals surface area contributed by atoms with Crippen molar-refractivity contribution in [2.24, 2.45) is 23.5 Å². The van der Waals surface area contributed by atoms with E-state index >= 15 is 0 Å². The van der Waals surface area contributed by atoms with Crippen LogP contribution in [0.2, 0.25) is 0 Å². The highest BCUT2D eigenvalue weighted by Crippen LogP contribution is 2.14. The first-order valence-electron chi connectivity index (χ1n) is 17.8. The minimum absolute atomic E-state index is 0.0387. The smallest absolute Gasteiger partial charge is 0.352 e. The van der Waals surface area contributed by atoms with Gasteiger partial charge in [-0.2, -0.15) is 4.68 Å². The summed E-state index contributed by atoms with van der Waals surface area (Å²) in [6.07, 6.45) is -0.487. The number of fused-ring (bicyclic) bond motifs is 1. The Morgan fingerprint density at radius 3 is 2.37 bits per heavy atom. The Morgan fingerprint density at radius 1 is 0.947 bits per heavy atom. The number of carbonyl (C=O) groups excluding carboxylic acids is 5. The molecule has 1 unspecified atom stereocenters. The van der Waals surface area contributed by atoms with Crippen LogP contribution in [0.5, 0.6) is 5.75 Å². The molecule has 3 heterocycles. The number of amides is 5. The van der Waals surface area contributed by atoms with E-state index in [0.29, 0.717) is 12.0 Å². The maximum absolute atomic E-state index is 14.0. The third-order valence-electron chi connectivity index (χ3n) is 8.75. The predicted molar refractivity (Wildman–Crippen MR) is 198 cm³/mol. The van der Waals surface area contributed by atoms with E-state index in [4.69, 9.17) is 11.5 Å². The van der Waals surface area contributed by atoms with Crippen LogP contribution in [0.25, 0.3) is 5.65 Å². The van der Waals surface area contributed by atoms with Crippen LogP contribution in [-0.2, 0) is 37.4 Å². The van der Waals surface area contributed by atoms with Crippen LogP contribution in [0.15, 0.2) is 40.4 Å². The zero-order valence-electron chi connectivity index (χ0n) is 30.9. The summed E-state index contributed by atoms with van der Waals surface area (Å²) in [4.78, 5) is 98.2. The Morgan fingerprint density at radius 2 is 1.67 bits per heavy atom. The normalized spacial score (nSPS) is 20.9. The molecule has 57 heavy (non-hydrogen) atoms. The van der Waals surface area contributed by atoms with Gasteiger partial charge in [0.15, 0.2) is 17.3 Å². The molecule has 0 radical (unpaired) electrons. The first-order valence-corrected chi connectivity index (χ1v) is 17.8. The molecule has 13 N–H and O–H groups in total. The molecular weight excluding hydrogens is 752 g/mol.